The quantitative estimate of drug-likeness (QED) is 0.272. The molecule has 0 spiro atoms. The fraction of sp³-hybridized carbons (Fsp3) is 0.321. The van der Waals surface area contributed by atoms with Gasteiger partial charge >= 0.3 is 5.97 Å². The van der Waals surface area contributed by atoms with Crippen LogP contribution < -0.4 is 14.8 Å². The van der Waals surface area contributed by atoms with Gasteiger partial charge in [0.25, 0.3) is 5.91 Å². The molecule has 3 rings (SSSR count). The number of amides is 1. The molecule has 2 N–H and O–H groups in total. The molecule has 37 heavy (non-hydrogen) atoms. The van der Waals surface area contributed by atoms with Gasteiger partial charge in [0.15, 0.2) is 16.6 Å². The molecular weight excluding hydrogens is 492 g/mol. The normalized spacial score (nSPS) is 15.8. The number of hydrogen-bond donors (Lipinski definition) is 2. The number of esters is 1. The molecule has 0 fully saturated rings. The van der Waals surface area contributed by atoms with E-state index in [9.17, 15) is 14.7 Å². The molecule has 0 aromatic heterocycles. The Morgan fingerprint density at radius 1 is 1.03 bits per heavy atom. The summed E-state index contributed by atoms with van der Waals surface area (Å²) in [4.78, 5) is 28.4. The molecule has 8 nitrogen and oxygen atoms in total. The minimum absolute atomic E-state index is 0.128. The predicted molar refractivity (Wildman–Crippen MR) is 145 cm³/mol. The van der Waals surface area contributed by atoms with Gasteiger partial charge in [-0.05, 0) is 88.3 Å². The Hall–Kier alpha value is -3.85. The van der Waals surface area contributed by atoms with Crippen molar-refractivity contribution in [3.8, 4) is 17.2 Å². The van der Waals surface area contributed by atoms with Crippen molar-refractivity contribution in [1.82, 2.24) is 10.2 Å². The first-order valence-electron chi connectivity index (χ1n) is 12.1. The SMILES string of the molecule is CCOC(=O)C1=C(C)NC(=S)N(C(=O)/C(C)=C/c2ccc(O)cc2)C1c1ccc(OCC)c(OCC)c1. The average molecular weight is 525 g/mol. The number of allylic oxidation sites excluding steroid dienone is 1. The Labute approximate surface area is 222 Å². The van der Waals surface area contributed by atoms with Gasteiger partial charge < -0.3 is 24.6 Å². The zero-order valence-electron chi connectivity index (χ0n) is 21.7. The van der Waals surface area contributed by atoms with Crippen LogP contribution in [0.3, 0.4) is 0 Å². The van der Waals surface area contributed by atoms with Crippen molar-refractivity contribution in [3.05, 3.63) is 70.4 Å². The lowest BCUT2D eigenvalue weighted by molar-refractivity contribution is -0.139. The van der Waals surface area contributed by atoms with E-state index in [1.165, 1.54) is 4.90 Å². The molecular formula is C28H32N2O6S. The summed E-state index contributed by atoms with van der Waals surface area (Å²) in [5, 5.41) is 12.7. The summed E-state index contributed by atoms with van der Waals surface area (Å²) in [5.74, 6) is 0.240. The fourth-order valence-corrected chi connectivity index (χ4v) is 4.39. The molecule has 0 saturated carbocycles. The lowest BCUT2D eigenvalue weighted by Gasteiger charge is -2.38. The maximum atomic E-state index is 13.8. The van der Waals surface area contributed by atoms with Gasteiger partial charge in [0.2, 0.25) is 0 Å². The van der Waals surface area contributed by atoms with Crippen LogP contribution >= 0.6 is 12.2 Å². The number of phenolic OH excluding ortho intramolecular Hbond substituents is 1. The highest BCUT2D eigenvalue weighted by Gasteiger charge is 2.40. The smallest absolute Gasteiger partial charge is 0.338 e. The third kappa shape index (κ3) is 6.29. The van der Waals surface area contributed by atoms with Crippen molar-refractivity contribution in [3.63, 3.8) is 0 Å². The highest BCUT2D eigenvalue weighted by atomic mass is 32.1. The minimum Gasteiger partial charge on any atom is -0.508 e. The van der Waals surface area contributed by atoms with E-state index < -0.39 is 17.9 Å². The Bertz CT molecular complexity index is 1240. The molecule has 0 bridgehead atoms. The molecule has 2 aromatic carbocycles. The molecule has 1 atom stereocenters. The fourth-order valence-electron chi connectivity index (χ4n) is 4.05. The Morgan fingerprint density at radius 3 is 2.30 bits per heavy atom. The second-order valence-electron chi connectivity index (χ2n) is 8.26. The van der Waals surface area contributed by atoms with Gasteiger partial charge in [0.1, 0.15) is 5.75 Å². The number of benzene rings is 2. The number of nitrogens with one attached hydrogen (secondary N) is 1. The topological polar surface area (TPSA) is 97.3 Å². The van der Waals surface area contributed by atoms with Crippen molar-refractivity contribution in [2.75, 3.05) is 19.8 Å². The van der Waals surface area contributed by atoms with Gasteiger partial charge in [-0.15, -0.1) is 0 Å². The molecule has 1 aliphatic heterocycles. The summed E-state index contributed by atoms with van der Waals surface area (Å²) < 4.78 is 16.9. The first-order valence-corrected chi connectivity index (χ1v) is 12.5. The number of hydrogen-bond acceptors (Lipinski definition) is 7. The Kier molecular flexibility index (Phi) is 9.30. The molecule has 9 heteroatoms. The van der Waals surface area contributed by atoms with Crippen LogP contribution in [0.15, 0.2) is 59.3 Å². The third-order valence-electron chi connectivity index (χ3n) is 5.66. The molecule has 1 amide bonds. The number of nitrogens with zero attached hydrogens (tertiary/aromatic N) is 1. The number of phenols is 1. The van der Waals surface area contributed by atoms with Gasteiger partial charge in [0.05, 0.1) is 31.4 Å². The molecule has 0 aliphatic carbocycles. The van der Waals surface area contributed by atoms with E-state index in [0.29, 0.717) is 41.5 Å². The highest BCUT2D eigenvalue weighted by Crippen LogP contribution is 2.39. The Morgan fingerprint density at radius 2 is 1.68 bits per heavy atom. The van der Waals surface area contributed by atoms with E-state index in [0.717, 1.165) is 5.56 Å². The summed E-state index contributed by atoms with van der Waals surface area (Å²) in [7, 11) is 0. The van der Waals surface area contributed by atoms with Crippen molar-refractivity contribution in [2.45, 2.75) is 40.7 Å². The van der Waals surface area contributed by atoms with E-state index >= 15 is 0 Å². The molecule has 1 heterocycles. The van der Waals surface area contributed by atoms with E-state index in [4.69, 9.17) is 26.4 Å². The summed E-state index contributed by atoms with van der Waals surface area (Å²) in [6.45, 7) is 9.90. The summed E-state index contributed by atoms with van der Waals surface area (Å²) >= 11 is 5.61. The molecule has 0 radical (unpaired) electrons. The van der Waals surface area contributed by atoms with Gasteiger partial charge in [0, 0.05) is 11.3 Å². The van der Waals surface area contributed by atoms with Crippen LogP contribution in [0, 0.1) is 0 Å². The van der Waals surface area contributed by atoms with Crippen LogP contribution in [0.1, 0.15) is 51.8 Å². The largest absolute Gasteiger partial charge is 0.508 e. The average Bonchev–Trinajstić information content (AvgIpc) is 2.86. The highest BCUT2D eigenvalue weighted by molar-refractivity contribution is 7.80. The first-order chi connectivity index (χ1) is 17.7. The van der Waals surface area contributed by atoms with Crippen LogP contribution in [0.2, 0.25) is 0 Å². The molecule has 1 aliphatic rings. The zero-order chi connectivity index (χ0) is 27.1. The van der Waals surface area contributed by atoms with Crippen LogP contribution in [0.5, 0.6) is 17.2 Å². The maximum Gasteiger partial charge on any atom is 0.338 e. The van der Waals surface area contributed by atoms with Crippen LogP contribution in [-0.4, -0.2) is 46.8 Å². The number of carbonyl (C=O) groups is 2. The van der Waals surface area contributed by atoms with Gasteiger partial charge in [-0.2, -0.15) is 0 Å². The summed E-state index contributed by atoms with van der Waals surface area (Å²) in [5.41, 5.74) is 2.51. The molecule has 2 aromatic rings. The minimum atomic E-state index is -0.863. The van der Waals surface area contributed by atoms with Crippen molar-refractivity contribution < 1.29 is 28.9 Å². The molecule has 1 unspecified atom stereocenters. The second kappa shape index (κ2) is 12.4. The maximum absolute atomic E-state index is 13.8. The predicted octanol–water partition coefficient (Wildman–Crippen LogP) is 4.89. The third-order valence-corrected chi connectivity index (χ3v) is 5.96. The van der Waals surface area contributed by atoms with Crippen molar-refractivity contribution in [2.24, 2.45) is 0 Å². The van der Waals surface area contributed by atoms with Crippen LogP contribution in [0.25, 0.3) is 6.08 Å². The second-order valence-corrected chi connectivity index (χ2v) is 8.64. The number of thiocarbonyl (C=S) groups is 1. The van der Waals surface area contributed by atoms with Crippen molar-refractivity contribution >= 4 is 35.3 Å². The zero-order valence-corrected chi connectivity index (χ0v) is 22.5. The number of ether oxygens (including phenoxy) is 3. The number of carbonyl (C=O) groups excluding carboxylic acids is 2. The van der Waals surface area contributed by atoms with Crippen LogP contribution in [0.4, 0.5) is 0 Å². The first kappa shape index (κ1) is 27.7. The molecule has 0 saturated heterocycles. The lowest BCUT2D eigenvalue weighted by Crippen LogP contribution is -2.51. The number of aromatic hydroxyl groups is 1. The van der Waals surface area contributed by atoms with Crippen molar-refractivity contribution in [1.29, 1.82) is 0 Å². The number of rotatable bonds is 9. The monoisotopic (exact) mass is 524 g/mol. The van der Waals surface area contributed by atoms with Gasteiger partial charge in [-0.25, -0.2) is 4.79 Å². The standard InChI is InChI=1S/C28H32N2O6S/c1-6-34-22-14-11-20(16-23(22)35-7-2)25-24(27(33)36-8-3)18(5)29-28(37)30(25)26(32)17(4)15-19-9-12-21(31)13-10-19/h9-16,25,31H,6-8H2,1-5H3,(H,29,37)/b17-15+. The summed E-state index contributed by atoms with van der Waals surface area (Å²) in [6, 6.07) is 10.9. The van der Waals surface area contributed by atoms with Crippen LogP contribution in [-0.2, 0) is 14.3 Å². The summed E-state index contributed by atoms with van der Waals surface area (Å²) in [6.07, 6.45) is 1.69. The van der Waals surface area contributed by atoms with Gasteiger partial charge in [-0.1, -0.05) is 18.2 Å². The lowest BCUT2D eigenvalue weighted by atomic mass is 9.92. The van der Waals surface area contributed by atoms with E-state index in [1.54, 1.807) is 69.3 Å². The van der Waals surface area contributed by atoms with Gasteiger partial charge in [-0.3, -0.25) is 9.69 Å². The van der Waals surface area contributed by atoms with E-state index in [1.807, 2.05) is 13.8 Å². The van der Waals surface area contributed by atoms with E-state index in [2.05, 4.69) is 5.32 Å². The Balaban J connectivity index is 2.16. The van der Waals surface area contributed by atoms with E-state index in [-0.39, 0.29) is 23.0 Å². The molecule has 196 valence electrons.